The number of rotatable bonds is 6. The molecule has 1 aromatic carbocycles. The zero-order chi connectivity index (χ0) is 12.3. The normalized spacial score (nSPS) is 22.5. The highest BCUT2D eigenvalue weighted by Crippen LogP contribution is 2.45. The second kappa shape index (κ2) is 5.71. The van der Waals surface area contributed by atoms with Crippen LogP contribution >= 0.6 is 11.6 Å². The molecular weight excluding hydrogens is 238 g/mol. The maximum Gasteiger partial charge on any atom is 0.123 e. The van der Waals surface area contributed by atoms with Crippen molar-refractivity contribution in [1.29, 1.82) is 0 Å². The van der Waals surface area contributed by atoms with Gasteiger partial charge >= 0.3 is 0 Å². The van der Waals surface area contributed by atoms with Crippen molar-refractivity contribution in [3.63, 3.8) is 0 Å². The Bertz CT molecular complexity index is 384. The van der Waals surface area contributed by atoms with E-state index in [2.05, 4.69) is 5.32 Å². The largest absolute Gasteiger partial charge is 0.491 e. The predicted molar refractivity (Wildman–Crippen MR) is 69.0 cm³/mol. The van der Waals surface area contributed by atoms with E-state index in [1.165, 1.54) is 5.56 Å². The fourth-order valence-electron chi connectivity index (χ4n) is 2.03. The van der Waals surface area contributed by atoms with E-state index in [1.807, 2.05) is 25.2 Å². The first-order valence-corrected chi connectivity index (χ1v) is 6.22. The van der Waals surface area contributed by atoms with Gasteiger partial charge in [-0.2, -0.15) is 0 Å². The van der Waals surface area contributed by atoms with Crippen molar-refractivity contribution in [1.82, 2.24) is 5.32 Å². The maximum atomic E-state index is 6.04. The van der Waals surface area contributed by atoms with Gasteiger partial charge in [0, 0.05) is 29.7 Å². The minimum Gasteiger partial charge on any atom is -0.491 e. The first-order chi connectivity index (χ1) is 8.26. The van der Waals surface area contributed by atoms with E-state index in [4.69, 9.17) is 21.1 Å². The van der Waals surface area contributed by atoms with Crippen LogP contribution in [-0.2, 0) is 4.74 Å². The SMILES string of the molecule is CNC1CC1c1cc(Cl)ccc1OCCOC. The molecule has 94 valence electrons. The molecule has 1 N–H and O–H groups in total. The number of benzene rings is 1. The molecule has 0 radical (unpaired) electrons. The molecule has 1 fully saturated rings. The van der Waals surface area contributed by atoms with Gasteiger partial charge in [-0.25, -0.2) is 0 Å². The Balaban J connectivity index is 2.08. The molecule has 0 bridgehead atoms. The molecule has 0 saturated heterocycles. The molecule has 0 aliphatic heterocycles. The van der Waals surface area contributed by atoms with E-state index in [9.17, 15) is 0 Å². The molecule has 2 atom stereocenters. The maximum absolute atomic E-state index is 6.04. The quantitative estimate of drug-likeness (QED) is 0.792. The molecule has 1 saturated carbocycles. The van der Waals surface area contributed by atoms with E-state index >= 15 is 0 Å². The van der Waals surface area contributed by atoms with Crippen molar-refractivity contribution >= 4 is 11.6 Å². The van der Waals surface area contributed by atoms with Crippen LogP contribution in [0.25, 0.3) is 0 Å². The standard InChI is InChI=1S/C13H18ClNO2/c1-15-12-8-10(12)11-7-9(14)3-4-13(11)17-6-5-16-2/h3-4,7,10,12,15H,5-6,8H2,1-2H3. The summed E-state index contributed by atoms with van der Waals surface area (Å²) in [7, 11) is 3.66. The second-order valence-corrected chi connectivity index (χ2v) is 4.70. The number of ether oxygens (including phenoxy) is 2. The van der Waals surface area contributed by atoms with Crippen LogP contribution in [0.5, 0.6) is 5.75 Å². The molecule has 0 amide bonds. The molecule has 1 aliphatic carbocycles. The molecule has 2 unspecified atom stereocenters. The fraction of sp³-hybridized carbons (Fsp3) is 0.538. The summed E-state index contributed by atoms with van der Waals surface area (Å²) in [5, 5.41) is 4.04. The fourth-order valence-corrected chi connectivity index (χ4v) is 2.21. The number of hydrogen-bond acceptors (Lipinski definition) is 3. The zero-order valence-electron chi connectivity index (χ0n) is 10.2. The average Bonchev–Trinajstić information content (AvgIpc) is 3.10. The van der Waals surface area contributed by atoms with Gasteiger partial charge in [0.15, 0.2) is 0 Å². The predicted octanol–water partition coefficient (Wildman–Crippen LogP) is 2.44. The Labute approximate surface area is 107 Å². The smallest absolute Gasteiger partial charge is 0.123 e. The third-order valence-electron chi connectivity index (χ3n) is 3.08. The van der Waals surface area contributed by atoms with E-state index < -0.39 is 0 Å². The van der Waals surface area contributed by atoms with Gasteiger partial charge < -0.3 is 14.8 Å². The Morgan fingerprint density at radius 2 is 2.24 bits per heavy atom. The van der Waals surface area contributed by atoms with Gasteiger partial charge in [0.05, 0.1) is 6.61 Å². The van der Waals surface area contributed by atoms with Crippen LogP contribution in [0.3, 0.4) is 0 Å². The minimum absolute atomic E-state index is 0.524. The first kappa shape index (κ1) is 12.7. The average molecular weight is 256 g/mol. The van der Waals surface area contributed by atoms with Gasteiger partial charge in [0.1, 0.15) is 12.4 Å². The Morgan fingerprint density at radius 3 is 2.88 bits per heavy atom. The van der Waals surface area contributed by atoms with E-state index in [-0.39, 0.29) is 0 Å². The number of likely N-dealkylation sites (N-methyl/N-ethyl adjacent to an activating group) is 1. The molecule has 2 rings (SSSR count). The van der Waals surface area contributed by atoms with Crippen molar-refractivity contribution in [2.75, 3.05) is 27.4 Å². The van der Waals surface area contributed by atoms with E-state index in [1.54, 1.807) is 7.11 Å². The van der Waals surface area contributed by atoms with Crippen LogP contribution in [0.15, 0.2) is 18.2 Å². The summed E-state index contributed by atoms with van der Waals surface area (Å²) in [4.78, 5) is 0. The van der Waals surface area contributed by atoms with E-state index in [0.717, 1.165) is 17.2 Å². The molecule has 4 heteroatoms. The molecule has 1 aromatic rings. The number of halogens is 1. The van der Waals surface area contributed by atoms with Gasteiger partial charge in [-0.1, -0.05) is 11.6 Å². The van der Waals surface area contributed by atoms with Gasteiger partial charge in [-0.05, 0) is 31.7 Å². The molecule has 17 heavy (non-hydrogen) atoms. The third-order valence-corrected chi connectivity index (χ3v) is 3.31. The van der Waals surface area contributed by atoms with Crippen molar-refractivity contribution < 1.29 is 9.47 Å². The van der Waals surface area contributed by atoms with Crippen molar-refractivity contribution in [2.24, 2.45) is 0 Å². The van der Waals surface area contributed by atoms with Gasteiger partial charge in [0.2, 0.25) is 0 Å². The van der Waals surface area contributed by atoms with Crippen LogP contribution in [0.4, 0.5) is 0 Å². The Morgan fingerprint density at radius 1 is 1.41 bits per heavy atom. The first-order valence-electron chi connectivity index (χ1n) is 5.84. The van der Waals surface area contributed by atoms with Gasteiger partial charge in [-0.3, -0.25) is 0 Å². The van der Waals surface area contributed by atoms with Crippen LogP contribution in [0.1, 0.15) is 17.9 Å². The van der Waals surface area contributed by atoms with Crippen molar-refractivity contribution in [3.05, 3.63) is 28.8 Å². The van der Waals surface area contributed by atoms with Crippen molar-refractivity contribution in [2.45, 2.75) is 18.4 Å². The molecule has 0 heterocycles. The topological polar surface area (TPSA) is 30.5 Å². The third kappa shape index (κ3) is 3.12. The highest BCUT2D eigenvalue weighted by Gasteiger charge is 2.38. The summed E-state index contributed by atoms with van der Waals surface area (Å²) in [6, 6.07) is 6.37. The van der Waals surface area contributed by atoms with Gasteiger partial charge in [-0.15, -0.1) is 0 Å². The summed E-state index contributed by atoms with van der Waals surface area (Å²) < 4.78 is 10.7. The Kier molecular flexibility index (Phi) is 4.26. The number of nitrogens with one attached hydrogen (secondary N) is 1. The lowest BCUT2D eigenvalue weighted by atomic mass is 10.1. The number of methoxy groups -OCH3 is 1. The molecule has 0 aromatic heterocycles. The van der Waals surface area contributed by atoms with Crippen molar-refractivity contribution in [3.8, 4) is 5.75 Å². The second-order valence-electron chi connectivity index (χ2n) is 4.26. The lowest BCUT2D eigenvalue weighted by Crippen LogP contribution is -2.11. The monoisotopic (exact) mass is 255 g/mol. The molecule has 0 spiro atoms. The van der Waals surface area contributed by atoms with Crippen LogP contribution in [-0.4, -0.2) is 33.4 Å². The molecule has 1 aliphatic rings. The Hall–Kier alpha value is -0.770. The lowest BCUT2D eigenvalue weighted by molar-refractivity contribution is 0.145. The minimum atomic E-state index is 0.524. The summed E-state index contributed by atoms with van der Waals surface area (Å²) in [5.41, 5.74) is 1.20. The van der Waals surface area contributed by atoms with Crippen LogP contribution < -0.4 is 10.1 Å². The van der Waals surface area contributed by atoms with Gasteiger partial charge in [0.25, 0.3) is 0 Å². The number of hydrogen-bond donors (Lipinski definition) is 1. The summed E-state index contributed by atoms with van der Waals surface area (Å²) in [6.07, 6.45) is 1.15. The summed E-state index contributed by atoms with van der Waals surface area (Å²) in [5.74, 6) is 1.45. The van der Waals surface area contributed by atoms with Crippen LogP contribution in [0.2, 0.25) is 5.02 Å². The molecule has 3 nitrogen and oxygen atoms in total. The van der Waals surface area contributed by atoms with Crippen LogP contribution in [0, 0.1) is 0 Å². The highest BCUT2D eigenvalue weighted by atomic mass is 35.5. The zero-order valence-corrected chi connectivity index (χ0v) is 11.0. The lowest BCUT2D eigenvalue weighted by Gasteiger charge is -2.11. The summed E-state index contributed by atoms with van der Waals surface area (Å²) >= 11 is 6.04. The summed E-state index contributed by atoms with van der Waals surface area (Å²) in [6.45, 7) is 1.17. The highest BCUT2D eigenvalue weighted by molar-refractivity contribution is 6.30. The van der Waals surface area contributed by atoms with E-state index in [0.29, 0.717) is 25.2 Å². The molecular formula is C13H18ClNO2.